The highest BCUT2D eigenvalue weighted by atomic mass is 32.2. The predicted molar refractivity (Wildman–Crippen MR) is 98.5 cm³/mol. The highest BCUT2D eigenvalue weighted by molar-refractivity contribution is 7.98. The smallest absolute Gasteiger partial charge is 0.255 e. The van der Waals surface area contributed by atoms with E-state index in [2.05, 4.69) is 6.07 Å². The van der Waals surface area contributed by atoms with E-state index in [0.29, 0.717) is 24.8 Å². The fourth-order valence-electron chi connectivity index (χ4n) is 4.00. The molecule has 0 radical (unpaired) electrons. The molecule has 0 aliphatic carbocycles. The largest absolute Gasteiger partial charge is 0.342 e. The van der Waals surface area contributed by atoms with Crippen LogP contribution in [0.2, 0.25) is 0 Å². The summed E-state index contributed by atoms with van der Waals surface area (Å²) in [5.41, 5.74) is 2.12. The molecule has 0 aromatic carbocycles. The van der Waals surface area contributed by atoms with E-state index in [1.54, 1.807) is 11.8 Å². The number of hydrogen-bond acceptors (Lipinski definition) is 4. The van der Waals surface area contributed by atoms with E-state index < -0.39 is 0 Å². The van der Waals surface area contributed by atoms with Gasteiger partial charge in [0.1, 0.15) is 0 Å². The van der Waals surface area contributed by atoms with Crippen LogP contribution in [-0.2, 0) is 17.9 Å². The molecule has 2 aliphatic rings. The Bertz CT molecular complexity index is 671. The minimum Gasteiger partial charge on any atom is -0.342 e. The summed E-state index contributed by atoms with van der Waals surface area (Å²) >= 11 is 1.72. The summed E-state index contributed by atoms with van der Waals surface area (Å²) in [6.07, 6.45) is 3.75. The molecule has 1 fully saturated rings. The van der Waals surface area contributed by atoms with Crippen molar-refractivity contribution in [1.82, 2.24) is 14.4 Å². The summed E-state index contributed by atoms with van der Waals surface area (Å²) in [5, 5.41) is 0. The SMILES string of the molecule is CSCCC(=O)N1C[C@@H]2C[C@H](C1)c1ccc(CN(C)C)c(=O)n1C2. The van der Waals surface area contributed by atoms with Crippen LogP contribution in [0.15, 0.2) is 16.9 Å². The number of piperidine rings is 1. The molecule has 0 unspecified atom stereocenters. The van der Waals surface area contributed by atoms with E-state index in [9.17, 15) is 9.59 Å². The lowest BCUT2D eigenvalue weighted by atomic mass is 9.83. The second-order valence-corrected chi connectivity index (χ2v) is 8.26. The molecule has 0 N–H and O–H groups in total. The van der Waals surface area contributed by atoms with E-state index in [1.165, 1.54) is 0 Å². The predicted octanol–water partition coefficient (Wildman–Crippen LogP) is 1.61. The summed E-state index contributed by atoms with van der Waals surface area (Å²) in [7, 11) is 3.97. The van der Waals surface area contributed by atoms with Gasteiger partial charge < -0.3 is 14.4 Å². The number of carbonyl (C=O) groups is 1. The van der Waals surface area contributed by atoms with Crippen LogP contribution in [0.4, 0.5) is 0 Å². The highest BCUT2D eigenvalue weighted by Gasteiger charge is 2.36. The van der Waals surface area contributed by atoms with Crippen LogP contribution in [0.1, 0.15) is 30.0 Å². The Hall–Kier alpha value is -1.27. The third-order valence-corrected chi connectivity index (χ3v) is 5.65. The zero-order valence-electron chi connectivity index (χ0n) is 14.8. The standard InChI is InChI=1S/C18H27N3O2S/c1-19(2)11-14-4-5-16-15-8-13(10-21(16)18(14)23)9-20(12-15)17(22)6-7-24-3/h4-5,13,15H,6-12H2,1-3H3/t13-,15+/m0/s1. The lowest BCUT2D eigenvalue weighted by Gasteiger charge is -2.43. The molecule has 2 aliphatic heterocycles. The first-order valence-corrected chi connectivity index (χ1v) is 10.0. The number of aromatic nitrogens is 1. The Morgan fingerprint density at radius 1 is 1.29 bits per heavy atom. The Morgan fingerprint density at radius 2 is 2.08 bits per heavy atom. The fraction of sp³-hybridized carbons (Fsp3) is 0.667. The van der Waals surface area contributed by atoms with Gasteiger partial charge in [-0.3, -0.25) is 9.59 Å². The Labute approximate surface area is 148 Å². The van der Waals surface area contributed by atoms with Crippen molar-refractivity contribution in [3.63, 3.8) is 0 Å². The zero-order valence-corrected chi connectivity index (χ0v) is 15.6. The molecular weight excluding hydrogens is 322 g/mol. The Kier molecular flexibility index (Phi) is 5.35. The van der Waals surface area contributed by atoms with Gasteiger partial charge in [-0.05, 0) is 38.8 Å². The van der Waals surface area contributed by atoms with Crippen LogP contribution in [0, 0.1) is 5.92 Å². The molecule has 24 heavy (non-hydrogen) atoms. The van der Waals surface area contributed by atoms with Crippen LogP contribution in [0.25, 0.3) is 0 Å². The topological polar surface area (TPSA) is 45.6 Å². The number of rotatable bonds is 5. The van der Waals surface area contributed by atoms with Crippen LogP contribution in [0.3, 0.4) is 0 Å². The maximum Gasteiger partial charge on any atom is 0.255 e. The monoisotopic (exact) mass is 349 g/mol. The van der Waals surface area contributed by atoms with Crippen LogP contribution < -0.4 is 5.56 Å². The molecule has 3 rings (SSSR count). The average Bonchev–Trinajstić information content (AvgIpc) is 2.55. The van der Waals surface area contributed by atoms with Gasteiger partial charge in [0.15, 0.2) is 0 Å². The number of thioether (sulfide) groups is 1. The fourth-order valence-corrected chi connectivity index (χ4v) is 4.38. The molecule has 2 atom stereocenters. The molecule has 1 amide bonds. The average molecular weight is 350 g/mol. The van der Waals surface area contributed by atoms with Gasteiger partial charge in [0, 0.05) is 55.5 Å². The Morgan fingerprint density at radius 3 is 2.79 bits per heavy atom. The van der Waals surface area contributed by atoms with Crippen LogP contribution >= 0.6 is 11.8 Å². The second-order valence-electron chi connectivity index (χ2n) is 7.28. The maximum absolute atomic E-state index is 12.8. The number of amides is 1. The summed E-state index contributed by atoms with van der Waals surface area (Å²) in [5.74, 6) is 1.85. The third-order valence-electron chi connectivity index (χ3n) is 5.04. The van der Waals surface area contributed by atoms with Crippen molar-refractivity contribution in [1.29, 1.82) is 0 Å². The van der Waals surface area contributed by atoms with E-state index >= 15 is 0 Å². The first-order chi connectivity index (χ1) is 11.5. The van der Waals surface area contributed by atoms with Crippen molar-refractivity contribution < 1.29 is 4.79 Å². The molecule has 1 saturated heterocycles. The first-order valence-electron chi connectivity index (χ1n) is 8.63. The van der Waals surface area contributed by atoms with Gasteiger partial charge in [0.25, 0.3) is 5.56 Å². The summed E-state index contributed by atoms with van der Waals surface area (Å²) in [6, 6.07) is 4.08. The van der Waals surface area contributed by atoms with E-state index in [4.69, 9.17) is 0 Å². The van der Waals surface area contributed by atoms with Gasteiger partial charge in [0.05, 0.1) is 0 Å². The van der Waals surface area contributed by atoms with Crippen molar-refractivity contribution in [3.05, 3.63) is 33.7 Å². The van der Waals surface area contributed by atoms with E-state index in [1.807, 2.05) is 40.8 Å². The minimum absolute atomic E-state index is 0.151. The van der Waals surface area contributed by atoms with Crippen molar-refractivity contribution in [2.24, 2.45) is 5.92 Å². The third kappa shape index (κ3) is 3.54. The molecule has 3 heterocycles. The van der Waals surface area contributed by atoms with Gasteiger partial charge in [-0.25, -0.2) is 0 Å². The number of carbonyl (C=O) groups excluding carboxylic acids is 1. The zero-order chi connectivity index (χ0) is 17.3. The van der Waals surface area contributed by atoms with Gasteiger partial charge in [0.2, 0.25) is 5.91 Å². The van der Waals surface area contributed by atoms with E-state index in [-0.39, 0.29) is 11.5 Å². The molecule has 0 saturated carbocycles. The molecule has 0 spiro atoms. The lowest BCUT2D eigenvalue weighted by molar-refractivity contribution is -0.133. The lowest BCUT2D eigenvalue weighted by Crippen LogP contribution is -2.49. The Balaban J connectivity index is 1.82. The molecular formula is C18H27N3O2S. The van der Waals surface area contributed by atoms with Crippen LogP contribution in [-0.4, -0.2) is 59.5 Å². The second kappa shape index (κ2) is 7.31. The maximum atomic E-state index is 12.8. The number of fused-ring (bicyclic) bond motifs is 4. The van der Waals surface area contributed by atoms with Crippen molar-refractivity contribution >= 4 is 17.7 Å². The number of pyridine rings is 1. The van der Waals surface area contributed by atoms with Gasteiger partial charge in [-0.2, -0.15) is 11.8 Å². The molecule has 132 valence electrons. The summed E-state index contributed by atoms with van der Waals surface area (Å²) in [4.78, 5) is 29.2. The number of likely N-dealkylation sites (tertiary alicyclic amines) is 1. The van der Waals surface area contributed by atoms with Gasteiger partial charge >= 0.3 is 0 Å². The van der Waals surface area contributed by atoms with Crippen molar-refractivity contribution in [2.75, 3.05) is 39.2 Å². The van der Waals surface area contributed by atoms with Crippen molar-refractivity contribution in [2.45, 2.75) is 31.8 Å². The number of nitrogens with zero attached hydrogens (tertiary/aromatic N) is 3. The minimum atomic E-state index is 0.151. The normalized spacial score (nSPS) is 22.6. The van der Waals surface area contributed by atoms with E-state index in [0.717, 1.165) is 43.1 Å². The number of hydrogen-bond donors (Lipinski definition) is 0. The highest BCUT2D eigenvalue weighted by Crippen LogP contribution is 2.35. The first kappa shape index (κ1) is 17.5. The van der Waals surface area contributed by atoms with Gasteiger partial charge in [-0.15, -0.1) is 0 Å². The molecule has 1 aromatic rings. The van der Waals surface area contributed by atoms with Crippen molar-refractivity contribution in [3.8, 4) is 0 Å². The molecule has 5 nitrogen and oxygen atoms in total. The summed E-state index contributed by atoms with van der Waals surface area (Å²) < 4.78 is 1.97. The summed E-state index contributed by atoms with van der Waals surface area (Å²) in [6.45, 7) is 2.98. The molecule has 6 heteroatoms. The van der Waals surface area contributed by atoms with Gasteiger partial charge in [-0.1, -0.05) is 6.07 Å². The quantitative estimate of drug-likeness (QED) is 0.810. The molecule has 2 bridgehead atoms. The molecule has 1 aromatic heterocycles. The van der Waals surface area contributed by atoms with Crippen LogP contribution in [0.5, 0.6) is 0 Å².